The molecule has 0 heterocycles. The van der Waals surface area contributed by atoms with Crippen molar-refractivity contribution in [2.45, 2.75) is 19.9 Å². The van der Waals surface area contributed by atoms with Crippen molar-refractivity contribution >= 4 is 5.69 Å². The third-order valence-electron chi connectivity index (χ3n) is 3.35. The molecule has 0 aliphatic heterocycles. The number of hydrogen-bond acceptors (Lipinski definition) is 3. The zero-order valence-corrected chi connectivity index (χ0v) is 9.99. The molecule has 1 fully saturated rings. The molecule has 2 rings (SSSR count). The number of methoxy groups -OCH3 is 1. The molecular formula is C13H20N2O. The summed E-state index contributed by atoms with van der Waals surface area (Å²) < 4.78 is 5.18. The summed E-state index contributed by atoms with van der Waals surface area (Å²) in [6, 6.07) is 5.79. The lowest BCUT2D eigenvalue weighted by molar-refractivity contribution is 0.414. The highest BCUT2D eigenvalue weighted by Gasteiger charge is 2.31. The predicted molar refractivity (Wildman–Crippen MR) is 66.4 cm³/mol. The first-order valence-electron chi connectivity index (χ1n) is 5.84. The molecule has 1 aromatic rings. The Morgan fingerprint density at radius 3 is 2.88 bits per heavy atom. The van der Waals surface area contributed by atoms with Crippen molar-refractivity contribution in [1.29, 1.82) is 0 Å². The lowest BCUT2D eigenvalue weighted by atomic mass is 10.1. The van der Waals surface area contributed by atoms with Crippen LogP contribution >= 0.6 is 0 Å². The van der Waals surface area contributed by atoms with E-state index in [1.165, 1.54) is 6.42 Å². The molecule has 0 radical (unpaired) electrons. The van der Waals surface area contributed by atoms with Gasteiger partial charge in [-0.25, -0.2) is 0 Å². The SMILES string of the molecule is COc1ccc(N)c(CNCC2CC2C)c1. The molecule has 3 heteroatoms. The fourth-order valence-electron chi connectivity index (χ4n) is 1.94. The molecule has 0 amide bonds. The van der Waals surface area contributed by atoms with Gasteiger partial charge in [0.25, 0.3) is 0 Å². The van der Waals surface area contributed by atoms with Gasteiger partial charge in [-0.1, -0.05) is 6.92 Å². The van der Waals surface area contributed by atoms with Crippen LogP contribution in [0.2, 0.25) is 0 Å². The third kappa shape index (κ3) is 2.67. The second-order valence-corrected chi connectivity index (χ2v) is 4.67. The van der Waals surface area contributed by atoms with E-state index in [2.05, 4.69) is 12.2 Å². The van der Waals surface area contributed by atoms with Crippen LogP contribution in [0.4, 0.5) is 5.69 Å². The Morgan fingerprint density at radius 1 is 1.50 bits per heavy atom. The standard InChI is InChI=1S/C13H20N2O/c1-9-5-10(9)7-15-8-11-6-12(16-2)3-4-13(11)14/h3-4,6,9-10,15H,5,7-8,14H2,1-2H3. The minimum atomic E-state index is 0.826. The number of nitrogens with two attached hydrogens (primary N) is 1. The molecule has 3 N–H and O–H groups in total. The van der Waals surface area contributed by atoms with Gasteiger partial charge in [0, 0.05) is 12.2 Å². The fourth-order valence-corrected chi connectivity index (χ4v) is 1.94. The summed E-state index contributed by atoms with van der Waals surface area (Å²) in [5.74, 6) is 2.63. The summed E-state index contributed by atoms with van der Waals surface area (Å²) in [6.45, 7) is 4.22. The third-order valence-corrected chi connectivity index (χ3v) is 3.35. The van der Waals surface area contributed by atoms with Gasteiger partial charge < -0.3 is 15.8 Å². The first-order chi connectivity index (χ1) is 7.70. The van der Waals surface area contributed by atoms with Crippen LogP contribution in [0, 0.1) is 11.8 Å². The van der Waals surface area contributed by atoms with Gasteiger partial charge in [0.15, 0.2) is 0 Å². The maximum absolute atomic E-state index is 5.91. The van der Waals surface area contributed by atoms with Gasteiger partial charge in [-0.3, -0.25) is 0 Å². The minimum absolute atomic E-state index is 0.826. The molecule has 0 saturated heterocycles. The largest absolute Gasteiger partial charge is 0.497 e. The number of hydrogen-bond donors (Lipinski definition) is 2. The van der Waals surface area contributed by atoms with Crippen LogP contribution in [0.25, 0.3) is 0 Å². The van der Waals surface area contributed by atoms with Crippen molar-refractivity contribution in [3.8, 4) is 5.75 Å². The molecule has 1 aliphatic carbocycles. The van der Waals surface area contributed by atoms with Gasteiger partial charge in [0.2, 0.25) is 0 Å². The van der Waals surface area contributed by atoms with E-state index in [1.54, 1.807) is 7.11 Å². The number of nitrogen functional groups attached to an aromatic ring is 1. The second-order valence-electron chi connectivity index (χ2n) is 4.67. The lowest BCUT2D eigenvalue weighted by Crippen LogP contribution is -2.17. The molecule has 16 heavy (non-hydrogen) atoms. The summed E-state index contributed by atoms with van der Waals surface area (Å²) in [5, 5.41) is 3.45. The quantitative estimate of drug-likeness (QED) is 0.746. The molecule has 0 bridgehead atoms. The number of nitrogens with one attached hydrogen (secondary N) is 1. The highest BCUT2D eigenvalue weighted by Crippen LogP contribution is 2.36. The van der Waals surface area contributed by atoms with Crippen LogP contribution in [0.3, 0.4) is 0 Å². The topological polar surface area (TPSA) is 47.3 Å². The van der Waals surface area contributed by atoms with Gasteiger partial charge in [0.05, 0.1) is 7.11 Å². The molecule has 2 unspecified atom stereocenters. The second kappa shape index (κ2) is 4.74. The number of ether oxygens (including phenoxy) is 1. The van der Waals surface area contributed by atoms with Gasteiger partial charge in [-0.05, 0) is 48.6 Å². The van der Waals surface area contributed by atoms with Crippen LogP contribution in [-0.2, 0) is 6.54 Å². The average Bonchev–Trinajstić information content (AvgIpc) is 2.97. The smallest absolute Gasteiger partial charge is 0.119 e. The van der Waals surface area contributed by atoms with Crippen molar-refractivity contribution < 1.29 is 4.74 Å². The molecule has 88 valence electrons. The molecular weight excluding hydrogens is 200 g/mol. The molecule has 1 aliphatic rings. The highest BCUT2D eigenvalue weighted by atomic mass is 16.5. The van der Waals surface area contributed by atoms with Crippen molar-refractivity contribution in [2.75, 3.05) is 19.4 Å². The van der Waals surface area contributed by atoms with E-state index in [0.717, 1.165) is 41.9 Å². The van der Waals surface area contributed by atoms with Crippen LogP contribution in [-0.4, -0.2) is 13.7 Å². The number of anilines is 1. The molecule has 3 nitrogen and oxygen atoms in total. The Labute approximate surface area is 97.0 Å². The van der Waals surface area contributed by atoms with E-state index in [1.807, 2.05) is 18.2 Å². The van der Waals surface area contributed by atoms with E-state index >= 15 is 0 Å². The van der Waals surface area contributed by atoms with Gasteiger partial charge in [-0.15, -0.1) is 0 Å². The Balaban J connectivity index is 1.87. The summed E-state index contributed by atoms with van der Waals surface area (Å²) in [7, 11) is 1.68. The van der Waals surface area contributed by atoms with Gasteiger partial charge in [0.1, 0.15) is 5.75 Å². The number of rotatable bonds is 5. The normalized spacial score (nSPS) is 23.1. The van der Waals surface area contributed by atoms with Crippen molar-refractivity contribution in [2.24, 2.45) is 11.8 Å². The highest BCUT2D eigenvalue weighted by molar-refractivity contribution is 5.50. The first kappa shape index (κ1) is 11.3. The predicted octanol–water partition coefficient (Wildman–Crippen LogP) is 2.02. The zero-order chi connectivity index (χ0) is 11.5. The first-order valence-corrected chi connectivity index (χ1v) is 5.84. The summed E-state index contributed by atoms with van der Waals surface area (Å²) in [6.07, 6.45) is 1.36. The van der Waals surface area contributed by atoms with Crippen molar-refractivity contribution in [3.63, 3.8) is 0 Å². The molecule has 0 spiro atoms. The summed E-state index contributed by atoms with van der Waals surface area (Å²) >= 11 is 0. The molecule has 2 atom stereocenters. The van der Waals surface area contributed by atoms with Crippen LogP contribution < -0.4 is 15.8 Å². The van der Waals surface area contributed by atoms with E-state index in [9.17, 15) is 0 Å². The molecule has 1 aromatic carbocycles. The Morgan fingerprint density at radius 2 is 2.25 bits per heavy atom. The minimum Gasteiger partial charge on any atom is -0.497 e. The van der Waals surface area contributed by atoms with Crippen LogP contribution in [0.5, 0.6) is 5.75 Å². The van der Waals surface area contributed by atoms with Gasteiger partial charge >= 0.3 is 0 Å². The van der Waals surface area contributed by atoms with E-state index in [4.69, 9.17) is 10.5 Å². The van der Waals surface area contributed by atoms with E-state index < -0.39 is 0 Å². The van der Waals surface area contributed by atoms with E-state index in [0.29, 0.717) is 0 Å². The van der Waals surface area contributed by atoms with E-state index in [-0.39, 0.29) is 0 Å². The molecule has 0 aromatic heterocycles. The van der Waals surface area contributed by atoms with Gasteiger partial charge in [-0.2, -0.15) is 0 Å². The molecule has 1 saturated carbocycles. The summed E-state index contributed by atoms with van der Waals surface area (Å²) in [4.78, 5) is 0. The number of benzene rings is 1. The summed E-state index contributed by atoms with van der Waals surface area (Å²) in [5.41, 5.74) is 7.86. The average molecular weight is 220 g/mol. The Kier molecular flexibility index (Phi) is 3.34. The fraction of sp³-hybridized carbons (Fsp3) is 0.538. The lowest BCUT2D eigenvalue weighted by Gasteiger charge is -2.09. The Hall–Kier alpha value is -1.22. The maximum Gasteiger partial charge on any atom is 0.119 e. The van der Waals surface area contributed by atoms with Crippen molar-refractivity contribution in [1.82, 2.24) is 5.32 Å². The maximum atomic E-state index is 5.91. The zero-order valence-electron chi connectivity index (χ0n) is 9.99. The van der Waals surface area contributed by atoms with Crippen LogP contribution in [0.1, 0.15) is 18.9 Å². The van der Waals surface area contributed by atoms with Crippen molar-refractivity contribution in [3.05, 3.63) is 23.8 Å². The monoisotopic (exact) mass is 220 g/mol. The van der Waals surface area contributed by atoms with Crippen LogP contribution in [0.15, 0.2) is 18.2 Å². The Bertz CT molecular complexity index is 365.